The van der Waals surface area contributed by atoms with E-state index in [-0.39, 0.29) is 0 Å². The van der Waals surface area contributed by atoms with E-state index in [2.05, 4.69) is 15.9 Å². The molecular formula is C10H12BrClO. The van der Waals surface area contributed by atoms with Crippen LogP contribution in [-0.4, -0.2) is 5.11 Å². The lowest BCUT2D eigenvalue weighted by atomic mass is 10.1. The fourth-order valence-corrected chi connectivity index (χ4v) is 2.15. The van der Waals surface area contributed by atoms with Gasteiger partial charge in [0.15, 0.2) is 0 Å². The Morgan fingerprint density at radius 1 is 1.54 bits per heavy atom. The Labute approximate surface area is 91.9 Å². The van der Waals surface area contributed by atoms with Crippen molar-refractivity contribution in [2.24, 2.45) is 0 Å². The minimum absolute atomic E-state index is 0.392. The minimum Gasteiger partial charge on any atom is -0.388 e. The predicted molar refractivity (Wildman–Crippen MR) is 59.0 cm³/mol. The zero-order chi connectivity index (χ0) is 9.84. The van der Waals surface area contributed by atoms with Crippen LogP contribution >= 0.6 is 27.5 Å². The molecule has 0 fully saturated rings. The van der Waals surface area contributed by atoms with Crippen molar-refractivity contribution in [3.8, 4) is 0 Å². The standard InChI is InChI=1S/C10H12BrClO/c1-2-3-10(13)8-5-4-7(12)6-9(8)11/h4-6,10,13H,2-3H2,1H3. The lowest BCUT2D eigenvalue weighted by Gasteiger charge is -2.11. The third-order valence-corrected chi connectivity index (χ3v) is 2.81. The Hall–Kier alpha value is -0.0500. The summed E-state index contributed by atoms with van der Waals surface area (Å²) in [6.07, 6.45) is 1.35. The smallest absolute Gasteiger partial charge is 0.0800 e. The zero-order valence-electron chi connectivity index (χ0n) is 7.43. The normalized spacial score (nSPS) is 12.9. The Bertz CT molecular complexity index is 288. The molecule has 72 valence electrons. The van der Waals surface area contributed by atoms with E-state index in [1.807, 2.05) is 13.0 Å². The highest BCUT2D eigenvalue weighted by atomic mass is 79.9. The first-order valence-corrected chi connectivity index (χ1v) is 5.45. The number of benzene rings is 1. The van der Waals surface area contributed by atoms with E-state index in [4.69, 9.17) is 11.6 Å². The van der Waals surface area contributed by atoms with Gasteiger partial charge in [-0.15, -0.1) is 0 Å². The second kappa shape index (κ2) is 4.99. The lowest BCUT2D eigenvalue weighted by Crippen LogP contribution is -1.97. The quantitative estimate of drug-likeness (QED) is 0.876. The molecule has 3 heteroatoms. The van der Waals surface area contributed by atoms with Gasteiger partial charge in [-0.1, -0.05) is 46.9 Å². The van der Waals surface area contributed by atoms with Crippen molar-refractivity contribution in [1.82, 2.24) is 0 Å². The van der Waals surface area contributed by atoms with Crippen LogP contribution in [0.2, 0.25) is 5.02 Å². The van der Waals surface area contributed by atoms with E-state index in [1.54, 1.807) is 12.1 Å². The number of rotatable bonds is 3. The molecule has 1 aromatic carbocycles. The van der Waals surface area contributed by atoms with Gasteiger partial charge in [0, 0.05) is 9.50 Å². The van der Waals surface area contributed by atoms with Crippen LogP contribution in [0, 0.1) is 0 Å². The predicted octanol–water partition coefficient (Wildman–Crippen LogP) is 3.94. The van der Waals surface area contributed by atoms with Crippen molar-refractivity contribution in [3.05, 3.63) is 33.3 Å². The summed E-state index contributed by atoms with van der Waals surface area (Å²) in [5.74, 6) is 0. The number of aliphatic hydroxyl groups is 1. The summed E-state index contributed by atoms with van der Waals surface area (Å²) in [6, 6.07) is 5.45. The van der Waals surface area contributed by atoms with Crippen LogP contribution < -0.4 is 0 Å². The molecule has 1 aromatic rings. The van der Waals surface area contributed by atoms with Crippen LogP contribution in [0.3, 0.4) is 0 Å². The van der Waals surface area contributed by atoms with E-state index >= 15 is 0 Å². The first-order valence-electron chi connectivity index (χ1n) is 4.28. The van der Waals surface area contributed by atoms with Gasteiger partial charge in [-0.05, 0) is 24.1 Å². The van der Waals surface area contributed by atoms with Crippen molar-refractivity contribution < 1.29 is 5.11 Å². The molecule has 1 atom stereocenters. The van der Waals surface area contributed by atoms with E-state index in [0.29, 0.717) is 5.02 Å². The van der Waals surface area contributed by atoms with Gasteiger partial charge in [0.05, 0.1) is 6.10 Å². The van der Waals surface area contributed by atoms with Crippen LogP contribution in [0.1, 0.15) is 31.4 Å². The van der Waals surface area contributed by atoms with Gasteiger partial charge in [0.25, 0.3) is 0 Å². The van der Waals surface area contributed by atoms with Crippen LogP contribution in [-0.2, 0) is 0 Å². The van der Waals surface area contributed by atoms with E-state index in [0.717, 1.165) is 22.9 Å². The number of hydrogen-bond acceptors (Lipinski definition) is 1. The van der Waals surface area contributed by atoms with Crippen LogP contribution in [0.4, 0.5) is 0 Å². The summed E-state index contributed by atoms with van der Waals surface area (Å²) >= 11 is 9.16. The van der Waals surface area contributed by atoms with Crippen molar-refractivity contribution >= 4 is 27.5 Å². The number of hydrogen-bond donors (Lipinski definition) is 1. The summed E-state index contributed by atoms with van der Waals surface area (Å²) in [6.45, 7) is 2.05. The molecule has 13 heavy (non-hydrogen) atoms. The maximum absolute atomic E-state index is 9.72. The Balaban J connectivity index is 2.88. The molecule has 0 saturated carbocycles. The first-order chi connectivity index (χ1) is 6.15. The van der Waals surface area contributed by atoms with E-state index in [1.165, 1.54) is 0 Å². The summed E-state index contributed by atoms with van der Waals surface area (Å²) in [5.41, 5.74) is 0.909. The largest absolute Gasteiger partial charge is 0.388 e. The van der Waals surface area contributed by atoms with Gasteiger partial charge >= 0.3 is 0 Å². The molecule has 0 bridgehead atoms. The zero-order valence-corrected chi connectivity index (χ0v) is 9.77. The summed E-state index contributed by atoms with van der Waals surface area (Å²) in [7, 11) is 0. The monoisotopic (exact) mass is 262 g/mol. The maximum Gasteiger partial charge on any atom is 0.0800 e. The van der Waals surface area contributed by atoms with Gasteiger partial charge in [0.1, 0.15) is 0 Å². The van der Waals surface area contributed by atoms with Crippen molar-refractivity contribution in [2.45, 2.75) is 25.9 Å². The Kier molecular flexibility index (Phi) is 4.23. The molecule has 0 spiro atoms. The van der Waals surface area contributed by atoms with E-state index < -0.39 is 6.10 Å². The van der Waals surface area contributed by atoms with Crippen LogP contribution in [0.5, 0.6) is 0 Å². The molecule has 0 heterocycles. The van der Waals surface area contributed by atoms with Gasteiger partial charge in [0.2, 0.25) is 0 Å². The minimum atomic E-state index is -0.392. The van der Waals surface area contributed by atoms with Crippen molar-refractivity contribution in [2.75, 3.05) is 0 Å². The van der Waals surface area contributed by atoms with Crippen molar-refractivity contribution in [1.29, 1.82) is 0 Å². The summed E-state index contributed by atoms with van der Waals surface area (Å²) < 4.78 is 0.876. The molecule has 1 unspecified atom stereocenters. The molecule has 0 saturated heterocycles. The molecule has 0 aromatic heterocycles. The SMILES string of the molecule is CCCC(O)c1ccc(Cl)cc1Br. The molecule has 0 aliphatic heterocycles. The highest BCUT2D eigenvalue weighted by Crippen LogP contribution is 2.28. The Morgan fingerprint density at radius 2 is 2.23 bits per heavy atom. The molecule has 1 nitrogen and oxygen atoms in total. The fraction of sp³-hybridized carbons (Fsp3) is 0.400. The molecule has 0 amide bonds. The third-order valence-electron chi connectivity index (χ3n) is 1.88. The number of aliphatic hydroxyl groups excluding tert-OH is 1. The molecular weight excluding hydrogens is 251 g/mol. The van der Waals surface area contributed by atoms with Crippen molar-refractivity contribution in [3.63, 3.8) is 0 Å². The molecule has 1 rings (SSSR count). The fourth-order valence-electron chi connectivity index (χ4n) is 1.20. The van der Waals surface area contributed by atoms with Gasteiger partial charge < -0.3 is 5.11 Å². The number of halogens is 2. The third kappa shape index (κ3) is 2.97. The summed E-state index contributed by atoms with van der Waals surface area (Å²) in [5, 5.41) is 10.4. The van der Waals surface area contributed by atoms with Gasteiger partial charge in [-0.2, -0.15) is 0 Å². The lowest BCUT2D eigenvalue weighted by molar-refractivity contribution is 0.166. The molecule has 0 radical (unpaired) electrons. The van der Waals surface area contributed by atoms with Crippen LogP contribution in [0.25, 0.3) is 0 Å². The highest BCUT2D eigenvalue weighted by Gasteiger charge is 2.09. The highest BCUT2D eigenvalue weighted by molar-refractivity contribution is 9.10. The average molecular weight is 264 g/mol. The Morgan fingerprint density at radius 3 is 2.77 bits per heavy atom. The topological polar surface area (TPSA) is 20.2 Å². The maximum atomic E-state index is 9.72. The summed E-state index contributed by atoms with van der Waals surface area (Å²) in [4.78, 5) is 0. The molecule has 0 aliphatic carbocycles. The average Bonchev–Trinajstić information content (AvgIpc) is 2.04. The molecule has 0 aliphatic rings. The van der Waals surface area contributed by atoms with Gasteiger partial charge in [-0.3, -0.25) is 0 Å². The first kappa shape index (κ1) is 11.0. The van der Waals surface area contributed by atoms with Gasteiger partial charge in [-0.25, -0.2) is 0 Å². The van der Waals surface area contributed by atoms with E-state index in [9.17, 15) is 5.11 Å². The second-order valence-corrected chi connectivity index (χ2v) is 4.26. The van der Waals surface area contributed by atoms with Crippen LogP contribution in [0.15, 0.2) is 22.7 Å². The second-order valence-electron chi connectivity index (χ2n) is 2.97. The molecule has 1 N–H and O–H groups in total.